The first kappa shape index (κ1) is 30.6. The summed E-state index contributed by atoms with van der Waals surface area (Å²) in [6.45, 7) is 0.842. The monoisotopic (exact) mass is 576 g/mol. The zero-order valence-corrected chi connectivity index (χ0v) is 22.5. The number of carbonyl (C=O) groups is 2. The Bertz CT molecular complexity index is 1250. The van der Waals surface area contributed by atoms with Crippen molar-refractivity contribution in [3.05, 3.63) is 96.1 Å². The second-order valence-corrected chi connectivity index (χ2v) is 10.4. The Hall–Kier alpha value is -3.95. The molecule has 40 heavy (non-hydrogen) atoms. The molecule has 0 aliphatic rings. The molecule has 0 aromatic heterocycles. The van der Waals surface area contributed by atoms with Crippen LogP contribution in [-0.2, 0) is 27.1 Å². The fraction of sp³-hybridized carbons (Fsp3) is 0.286. The molecule has 0 aliphatic heterocycles. The highest BCUT2D eigenvalue weighted by molar-refractivity contribution is 7.53. The van der Waals surface area contributed by atoms with Gasteiger partial charge in [-0.15, -0.1) is 0 Å². The van der Waals surface area contributed by atoms with Crippen LogP contribution in [-0.4, -0.2) is 42.3 Å². The van der Waals surface area contributed by atoms with Gasteiger partial charge in [-0.3, -0.25) is 4.79 Å². The Labute approximate surface area is 231 Å². The van der Waals surface area contributed by atoms with Crippen molar-refractivity contribution in [3.8, 4) is 11.5 Å². The van der Waals surface area contributed by atoms with Crippen molar-refractivity contribution in [1.82, 2.24) is 10.6 Å². The second-order valence-electron chi connectivity index (χ2n) is 8.70. The summed E-state index contributed by atoms with van der Waals surface area (Å²) in [7, 11) is -5.12. The molecule has 0 spiro atoms. The molecule has 3 N–H and O–H groups in total. The van der Waals surface area contributed by atoms with Gasteiger partial charge in [0.15, 0.2) is 0 Å². The van der Waals surface area contributed by atoms with Gasteiger partial charge >= 0.3 is 19.9 Å². The second kappa shape index (κ2) is 15.6. The van der Waals surface area contributed by atoms with Gasteiger partial charge in [-0.1, -0.05) is 60.7 Å². The van der Waals surface area contributed by atoms with E-state index in [4.69, 9.17) is 9.47 Å². The standard InChI is InChI=1S/C28H31F2N2O7P/c29-27(30)40(35,36)39-24-15-13-21(14-16-24)19-25(32-28(34)38-20-22-9-3-1-4-10-22)26(33)31-17-7-8-18-37-23-11-5-2-6-12-23/h1-6,9-16,25,27H,7-8,17-20H2,(H,31,33)(H,32,34)(H,35,36)/t25-/m0/s1. The van der Waals surface area contributed by atoms with Gasteiger partial charge < -0.3 is 29.5 Å². The molecule has 0 saturated heterocycles. The molecule has 2 amide bonds. The van der Waals surface area contributed by atoms with E-state index in [0.29, 0.717) is 31.6 Å². The molecule has 0 aliphatic carbocycles. The van der Waals surface area contributed by atoms with E-state index in [2.05, 4.69) is 15.2 Å². The zero-order valence-electron chi connectivity index (χ0n) is 21.6. The van der Waals surface area contributed by atoms with Crippen molar-refractivity contribution in [3.63, 3.8) is 0 Å². The van der Waals surface area contributed by atoms with Crippen molar-refractivity contribution in [2.45, 2.75) is 38.1 Å². The maximum atomic E-state index is 13.0. The van der Waals surface area contributed by atoms with Crippen molar-refractivity contribution in [1.29, 1.82) is 0 Å². The predicted molar refractivity (Wildman–Crippen MR) is 144 cm³/mol. The minimum absolute atomic E-state index is 0.0137. The van der Waals surface area contributed by atoms with Gasteiger partial charge in [0.25, 0.3) is 0 Å². The first-order valence-electron chi connectivity index (χ1n) is 12.5. The molecule has 0 saturated carbocycles. The first-order valence-corrected chi connectivity index (χ1v) is 14.2. The van der Waals surface area contributed by atoms with E-state index in [1.165, 1.54) is 24.3 Å². The number of rotatable bonds is 15. The molecule has 0 heterocycles. The SMILES string of the molecule is O=C(N[C@@H](Cc1ccc(OP(=O)(O)C(F)F)cc1)C(=O)NCCCCOc1ccccc1)OCc1ccccc1. The van der Waals surface area contributed by atoms with E-state index in [0.717, 1.165) is 11.3 Å². The minimum atomic E-state index is -5.12. The topological polar surface area (TPSA) is 123 Å². The van der Waals surface area contributed by atoms with Crippen LogP contribution in [0, 0.1) is 0 Å². The van der Waals surface area contributed by atoms with Gasteiger partial charge in [-0.2, -0.15) is 8.78 Å². The average molecular weight is 577 g/mol. The van der Waals surface area contributed by atoms with Crippen LogP contribution in [0.1, 0.15) is 24.0 Å². The number of para-hydroxylation sites is 1. The largest absolute Gasteiger partial charge is 0.494 e. The van der Waals surface area contributed by atoms with Crippen LogP contribution in [0.2, 0.25) is 0 Å². The lowest BCUT2D eigenvalue weighted by Gasteiger charge is -2.19. The number of nitrogens with one attached hydrogen (secondary N) is 2. The number of hydrogen-bond acceptors (Lipinski definition) is 6. The molecule has 2 atom stereocenters. The molecular weight excluding hydrogens is 545 g/mol. The van der Waals surface area contributed by atoms with Crippen LogP contribution in [0.15, 0.2) is 84.9 Å². The van der Waals surface area contributed by atoms with Crippen LogP contribution in [0.3, 0.4) is 0 Å². The third-order valence-corrected chi connectivity index (χ3v) is 6.52. The number of benzene rings is 3. The van der Waals surface area contributed by atoms with E-state index in [1.54, 1.807) is 12.1 Å². The maximum Gasteiger partial charge on any atom is 0.442 e. The van der Waals surface area contributed by atoms with Gasteiger partial charge in [-0.25, -0.2) is 9.36 Å². The molecule has 0 fully saturated rings. The molecule has 3 aromatic carbocycles. The van der Waals surface area contributed by atoms with Crippen molar-refractivity contribution in [2.24, 2.45) is 0 Å². The highest BCUT2D eigenvalue weighted by Gasteiger charge is 2.34. The third kappa shape index (κ3) is 10.7. The Balaban J connectivity index is 1.55. The van der Waals surface area contributed by atoms with E-state index in [9.17, 15) is 27.8 Å². The van der Waals surface area contributed by atoms with E-state index >= 15 is 0 Å². The number of halogens is 2. The summed E-state index contributed by atoms with van der Waals surface area (Å²) in [4.78, 5) is 34.6. The van der Waals surface area contributed by atoms with Gasteiger partial charge in [0.1, 0.15) is 24.1 Å². The average Bonchev–Trinajstić information content (AvgIpc) is 2.95. The fourth-order valence-electron chi connectivity index (χ4n) is 3.50. The molecule has 214 valence electrons. The highest BCUT2D eigenvalue weighted by atomic mass is 31.2. The minimum Gasteiger partial charge on any atom is -0.494 e. The zero-order chi connectivity index (χ0) is 28.8. The summed E-state index contributed by atoms with van der Waals surface area (Å²) < 4.78 is 52.1. The Kier molecular flexibility index (Phi) is 11.9. The van der Waals surface area contributed by atoms with E-state index in [1.807, 2.05) is 48.5 Å². The Morgan fingerprint density at radius 2 is 1.50 bits per heavy atom. The molecular formula is C28H31F2N2O7P. The van der Waals surface area contributed by atoms with Crippen LogP contribution >= 0.6 is 7.60 Å². The number of amides is 2. The van der Waals surface area contributed by atoms with Crippen LogP contribution in [0.25, 0.3) is 0 Å². The quantitative estimate of drug-likeness (QED) is 0.166. The van der Waals surface area contributed by atoms with Gasteiger partial charge in [0.2, 0.25) is 5.91 Å². The van der Waals surface area contributed by atoms with E-state index in [-0.39, 0.29) is 18.8 Å². The fourth-order valence-corrected chi connectivity index (χ4v) is 4.00. The molecule has 1 unspecified atom stereocenters. The molecule has 12 heteroatoms. The lowest BCUT2D eigenvalue weighted by molar-refractivity contribution is -0.123. The maximum absolute atomic E-state index is 13.0. The third-order valence-electron chi connectivity index (χ3n) is 5.55. The molecule has 3 rings (SSSR count). The predicted octanol–water partition coefficient (Wildman–Crippen LogP) is 5.29. The first-order chi connectivity index (χ1) is 19.2. The highest BCUT2D eigenvalue weighted by Crippen LogP contribution is 2.48. The Morgan fingerprint density at radius 3 is 2.15 bits per heavy atom. The van der Waals surface area contributed by atoms with Gasteiger partial charge in [-0.05, 0) is 48.2 Å². The molecule has 9 nitrogen and oxygen atoms in total. The Morgan fingerprint density at radius 1 is 0.850 bits per heavy atom. The van der Waals surface area contributed by atoms with Crippen LogP contribution < -0.4 is 19.9 Å². The number of alkyl carbamates (subject to hydrolysis) is 1. The van der Waals surface area contributed by atoms with Gasteiger partial charge in [0.05, 0.1) is 6.61 Å². The van der Waals surface area contributed by atoms with Gasteiger partial charge in [0, 0.05) is 13.0 Å². The summed E-state index contributed by atoms with van der Waals surface area (Å²) in [6, 6.07) is 22.7. The van der Waals surface area contributed by atoms with Crippen LogP contribution in [0.5, 0.6) is 11.5 Å². The number of carbonyl (C=O) groups excluding carboxylic acids is 2. The van der Waals surface area contributed by atoms with Crippen molar-refractivity contribution in [2.75, 3.05) is 13.2 Å². The lowest BCUT2D eigenvalue weighted by Crippen LogP contribution is -2.48. The van der Waals surface area contributed by atoms with Crippen molar-refractivity contribution < 1.29 is 41.8 Å². The smallest absolute Gasteiger partial charge is 0.442 e. The number of alkyl halides is 2. The van der Waals surface area contributed by atoms with Crippen LogP contribution in [0.4, 0.5) is 13.6 Å². The number of unbranched alkanes of at least 4 members (excludes halogenated alkanes) is 1. The normalized spacial score (nSPS) is 13.1. The lowest BCUT2D eigenvalue weighted by atomic mass is 10.1. The molecule has 0 bridgehead atoms. The molecule has 3 aromatic rings. The number of hydrogen-bond donors (Lipinski definition) is 3. The number of ether oxygens (including phenoxy) is 2. The summed E-state index contributed by atoms with van der Waals surface area (Å²) in [6.07, 6.45) is -2.97. The summed E-state index contributed by atoms with van der Waals surface area (Å²) in [5, 5.41) is 5.36. The summed E-state index contributed by atoms with van der Waals surface area (Å²) in [5.41, 5.74) is 1.31. The van der Waals surface area contributed by atoms with E-state index < -0.39 is 31.8 Å². The van der Waals surface area contributed by atoms with Crippen molar-refractivity contribution >= 4 is 19.6 Å². The summed E-state index contributed by atoms with van der Waals surface area (Å²) in [5.74, 6) is 0.0830. The molecule has 0 radical (unpaired) electrons. The summed E-state index contributed by atoms with van der Waals surface area (Å²) >= 11 is 0.